The first-order chi connectivity index (χ1) is 24.3. The van der Waals surface area contributed by atoms with Crippen molar-refractivity contribution in [3.63, 3.8) is 0 Å². The maximum atomic E-state index is 6.83. The van der Waals surface area contributed by atoms with Crippen LogP contribution in [-0.4, -0.2) is 4.57 Å². The lowest BCUT2D eigenvalue weighted by atomic mass is 9.92. The molecule has 0 atom stereocenters. The molecule has 0 aliphatic rings. The van der Waals surface area contributed by atoms with E-state index in [9.17, 15) is 0 Å². The topological polar surface area (TPSA) is 21.3 Å². The molecule has 0 saturated carbocycles. The van der Waals surface area contributed by atoms with Gasteiger partial charge in [0.1, 0.15) is 11.2 Å². The largest absolute Gasteiger partial charge is 0.456 e. The Labute approximate surface area is 283 Å². The van der Waals surface area contributed by atoms with Gasteiger partial charge in [0.25, 0.3) is 0 Å². The summed E-state index contributed by atoms with van der Waals surface area (Å²) >= 11 is 0. The van der Waals surface area contributed by atoms with Crippen LogP contribution in [0, 0.1) is 0 Å². The fraction of sp³-hybridized carbons (Fsp3) is 0. The summed E-state index contributed by atoms with van der Waals surface area (Å²) in [7, 11) is 0. The average Bonchev–Trinajstić information content (AvgIpc) is 3.71. The van der Waals surface area contributed by atoms with Gasteiger partial charge in [-0.25, -0.2) is 0 Å². The molecule has 0 amide bonds. The molecule has 2 aromatic heterocycles. The Morgan fingerprint density at radius 1 is 0.367 bits per heavy atom. The monoisotopic (exact) mass is 626 g/mol. The molecular weight excluding hydrogens is 597 g/mol. The number of rotatable bonds is 5. The minimum atomic E-state index is 0.866. The number of anilines is 3. The first-order valence-electron chi connectivity index (χ1n) is 16.7. The summed E-state index contributed by atoms with van der Waals surface area (Å²) in [6.45, 7) is 0. The highest BCUT2D eigenvalue weighted by Gasteiger charge is 2.21. The average molecular weight is 627 g/mol. The van der Waals surface area contributed by atoms with E-state index in [1.165, 1.54) is 43.7 Å². The summed E-state index contributed by atoms with van der Waals surface area (Å²) in [6.07, 6.45) is 0. The van der Waals surface area contributed by atoms with Crippen molar-refractivity contribution in [2.45, 2.75) is 0 Å². The van der Waals surface area contributed by atoms with Gasteiger partial charge in [-0.05, 0) is 88.6 Å². The molecule has 0 fully saturated rings. The summed E-state index contributed by atoms with van der Waals surface area (Å²) in [4.78, 5) is 2.28. The Morgan fingerprint density at radius 2 is 0.980 bits per heavy atom. The van der Waals surface area contributed by atoms with E-state index in [4.69, 9.17) is 4.42 Å². The standard InChI is InChI=1S/C46H30N2O/c1-4-15-31(16-5-1)47(32-17-6-2-7-18-32)34-27-28-39-43(29-34)49-44-30-40(35-21-10-11-22-36(35)46(39)44)37-24-14-26-42-45(37)38-23-12-13-25-41(38)48(42)33-19-8-3-9-20-33/h1-30H. The fourth-order valence-electron chi connectivity index (χ4n) is 7.69. The van der Waals surface area contributed by atoms with Crippen LogP contribution >= 0.6 is 0 Å². The predicted octanol–water partition coefficient (Wildman–Crippen LogP) is 13.0. The van der Waals surface area contributed by atoms with Crippen LogP contribution in [0.2, 0.25) is 0 Å². The van der Waals surface area contributed by atoms with Crippen LogP contribution in [0.25, 0.3) is 71.3 Å². The lowest BCUT2D eigenvalue weighted by Crippen LogP contribution is -2.09. The molecule has 10 rings (SSSR count). The molecule has 0 aliphatic carbocycles. The molecule has 230 valence electrons. The van der Waals surface area contributed by atoms with Crippen molar-refractivity contribution < 1.29 is 4.42 Å². The first-order valence-corrected chi connectivity index (χ1v) is 16.7. The number of hydrogen-bond donors (Lipinski definition) is 0. The van der Waals surface area contributed by atoms with E-state index in [0.717, 1.165) is 44.7 Å². The van der Waals surface area contributed by atoms with Crippen molar-refractivity contribution in [2.75, 3.05) is 4.90 Å². The zero-order valence-corrected chi connectivity index (χ0v) is 26.6. The normalized spacial score (nSPS) is 11.7. The molecule has 10 aromatic rings. The third-order valence-electron chi connectivity index (χ3n) is 9.75. The van der Waals surface area contributed by atoms with Crippen molar-refractivity contribution in [3.05, 3.63) is 182 Å². The Balaban J connectivity index is 1.23. The van der Waals surface area contributed by atoms with Gasteiger partial charge in [0.15, 0.2) is 0 Å². The minimum absolute atomic E-state index is 0.866. The van der Waals surface area contributed by atoms with Crippen LogP contribution in [0.4, 0.5) is 17.1 Å². The molecule has 49 heavy (non-hydrogen) atoms. The fourth-order valence-corrected chi connectivity index (χ4v) is 7.69. The number of fused-ring (bicyclic) bond motifs is 8. The van der Waals surface area contributed by atoms with Crippen LogP contribution in [0.15, 0.2) is 186 Å². The van der Waals surface area contributed by atoms with Gasteiger partial charge < -0.3 is 13.9 Å². The molecular formula is C46H30N2O. The van der Waals surface area contributed by atoms with E-state index in [1.807, 2.05) is 0 Å². The van der Waals surface area contributed by atoms with Gasteiger partial charge in [-0.2, -0.15) is 0 Å². The van der Waals surface area contributed by atoms with E-state index < -0.39 is 0 Å². The zero-order chi connectivity index (χ0) is 32.3. The lowest BCUT2D eigenvalue weighted by Gasteiger charge is -2.25. The van der Waals surface area contributed by atoms with Crippen LogP contribution in [0.5, 0.6) is 0 Å². The SMILES string of the molecule is c1ccc(N(c2ccccc2)c2ccc3c(c2)oc2cc(-c4cccc5c4c4ccccc4n5-c4ccccc4)c4ccccc4c23)cc1. The molecule has 0 unspecified atom stereocenters. The predicted molar refractivity (Wildman–Crippen MR) is 206 cm³/mol. The second-order valence-electron chi connectivity index (χ2n) is 12.5. The molecule has 0 N–H and O–H groups in total. The van der Waals surface area contributed by atoms with Gasteiger partial charge in [-0.15, -0.1) is 0 Å². The van der Waals surface area contributed by atoms with Crippen molar-refractivity contribution in [2.24, 2.45) is 0 Å². The number of hydrogen-bond acceptors (Lipinski definition) is 2. The summed E-state index contributed by atoms with van der Waals surface area (Å²) in [5.41, 5.74) is 10.9. The number of benzene rings is 8. The number of para-hydroxylation sites is 4. The van der Waals surface area contributed by atoms with Gasteiger partial charge in [-0.1, -0.05) is 109 Å². The molecule has 0 saturated heterocycles. The highest BCUT2D eigenvalue weighted by atomic mass is 16.3. The molecule has 0 bridgehead atoms. The van der Waals surface area contributed by atoms with E-state index in [1.54, 1.807) is 0 Å². The van der Waals surface area contributed by atoms with Crippen molar-refractivity contribution in [1.29, 1.82) is 0 Å². The Bertz CT molecular complexity index is 2770. The third kappa shape index (κ3) is 4.29. The lowest BCUT2D eigenvalue weighted by molar-refractivity contribution is 0.669. The van der Waals surface area contributed by atoms with Crippen LogP contribution < -0.4 is 4.90 Å². The quantitative estimate of drug-likeness (QED) is 0.190. The third-order valence-corrected chi connectivity index (χ3v) is 9.75. The van der Waals surface area contributed by atoms with Gasteiger partial charge in [0.05, 0.1) is 11.0 Å². The summed E-state index contributed by atoms with van der Waals surface area (Å²) < 4.78 is 9.21. The first kappa shape index (κ1) is 27.5. The molecule has 0 radical (unpaired) electrons. The molecule has 8 aromatic carbocycles. The molecule has 3 heteroatoms. The Hall–Kier alpha value is -6.58. The van der Waals surface area contributed by atoms with E-state index in [2.05, 4.69) is 191 Å². The zero-order valence-electron chi connectivity index (χ0n) is 26.6. The summed E-state index contributed by atoms with van der Waals surface area (Å²) in [6, 6.07) is 64.7. The highest BCUT2D eigenvalue weighted by Crippen LogP contribution is 2.45. The second-order valence-corrected chi connectivity index (χ2v) is 12.5. The Kier molecular flexibility index (Phi) is 6.18. The number of furan rings is 1. The minimum Gasteiger partial charge on any atom is -0.456 e. The van der Waals surface area contributed by atoms with Crippen molar-refractivity contribution >= 4 is 71.6 Å². The molecule has 2 heterocycles. The van der Waals surface area contributed by atoms with Crippen molar-refractivity contribution in [1.82, 2.24) is 4.57 Å². The smallest absolute Gasteiger partial charge is 0.137 e. The van der Waals surface area contributed by atoms with Gasteiger partial charge >= 0.3 is 0 Å². The summed E-state index contributed by atoms with van der Waals surface area (Å²) in [5, 5.41) is 7.13. The van der Waals surface area contributed by atoms with E-state index >= 15 is 0 Å². The molecule has 0 aliphatic heterocycles. The van der Waals surface area contributed by atoms with Crippen LogP contribution in [-0.2, 0) is 0 Å². The number of nitrogens with zero attached hydrogens (tertiary/aromatic N) is 2. The highest BCUT2D eigenvalue weighted by molar-refractivity contribution is 6.25. The Morgan fingerprint density at radius 3 is 1.71 bits per heavy atom. The maximum absolute atomic E-state index is 6.83. The molecule has 3 nitrogen and oxygen atoms in total. The number of aromatic nitrogens is 1. The van der Waals surface area contributed by atoms with E-state index in [-0.39, 0.29) is 0 Å². The van der Waals surface area contributed by atoms with Crippen LogP contribution in [0.3, 0.4) is 0 Å². The second kappa shape index (κ2) is 11.0. The van der Waals surface area contributed by atoms with Gasteiger partial charge in [0, 0.05) is 50.4 Å². The van der Waals surface area contributed by atoms with Crippen molar-refractivity contribution in [3.8, 4) is 16.8 Å². The maximum Gasteiger partial charge on any atom is 0.137 e. The summed E-state index contributed by atoms with van der Waals surface area (Å²) in [5.74, 6) is 0. The molecule has 0 spiro atoms. The van der Waals surface area contributed by atoms with E-state index in [0.29, 0.717) is 0 Å². The van der Waals surface area contributed by atoms with Crippen LogP contribution in [0.1, 0.15) is 0 Å². The van der Waals surface area contributed by atoms with Gasteiger partial charge in [0.2, 0.25) is 0 Å². The van der Waals surface area contributed by atoms with Gasteiger partial charge in [-0.3, -0.25) is 0 Å².